The molecule has 1 aliphatic heterocycles. The normalized spacial score (nSPS) is 15.8. The number of anilines is 2. The number of ether oxygens (including phenoxy) is 1. The van der Waals surface area contributed by atoms with Crippen molar-refractivity contribution in [2.75, 3.05) is 50.4 Å². The number of carbonyl (C=O) groups excluding carboxylic acids is 2. The fourth-order valence-corrected chi connectivity index (χ4v) is 2.59. The number of hydrogen-bond acceptors (Lipinski definition) is 8. The standard InChI is InChI=1S/C16H26N6O3/c1-16(2,3)25-13(23)10-21-5-7-22(8-6-21)12-9-11(15(24)18-4)19-20-14(12)17/h9H,5-8,10H2,1-4H3,(H2,17,20)(H,18,24). The lowest BCUT2D eigenvalue weighted by atomic mass is 10.2. The summed E-state index contributed by atoms with van der Waals surface area (Å²) in [7, 11) is 1.54. The first kappa shape index (κ1) is 18.9. The van der Waals surface area contributed by atoms with Gasteiger partial charge in [0, 0.05) is 33.2 Å². The number of nitrogens with zero attached hydrogens (tertiary/aromatic N) is 4. The molecule has 1 amide bonds. The minimum Gasteiger partial charge on any atom is -0.459 e. The molecule has 0 spiro atoms. The first-order chi connectivity index (χ1) is 11.7. The molecule has 1 saturated heterocycles. The highest BCUT2D eigenvalue weighted by molar-refractivity contribution is 5.93. The number of piperazine rings is 1. The van der Waals surface area contributed by atoms with E-state index in [1.54, 1.807) is 6.07 Å². The number of nitrogens with two attached hydrogens (primary N) is 1. The summed E-state index contributed by atoms with van der Waals surface area (Å²) in [5, 5.41) is 10.2. The van der Waals surface area contributed by atoms with Gasteiger partial charge >= 0.3 is 5.97 Å². The van der Waals surface area contributed by atoms with Gasteiger partial charge in [-0.05, 0) is 26.8 Å². The first-order valence-corrected chi connectivity index (χ1v) is 8.24. The van der Waals surface area contributed by atoms with E-state index < -0.39 is 5.60 Å². The topological polar surface area (TPSA) is 114 Å². The molecule has 2 rings (SSSR count). The van der Waals surface area contributed by atoms with Crippen molar-refractivity contribution >= 4 is 23.4 Å². The molecule has 1 aromatic rings. The third-order valence-corrected chi connectivity index (χ3v) is 3.75. The van der Waals surface area contributed by atoms with Crippen molar-refractivity contribution < 1.29 is 14.3 Å². The number of aromatic nitrogens is 2. The molecule has 1 aromatic heterocycles. The van der Waals surface area contributed by atoms with Gasteiger partial charge in [-0.25, -0.2) is 0 Å². The van der Waals surface area contributed by atoms with Crippen molar-refractivity contribution in [3.63, 3.8) is 0 Å². The summed E-state index contributed by atoms with van der Waals surface area (Å²) < 4.78 is 5.35. The third-order valence-electron chi connectivity index (χ3n) is 3.75. The van der Waals surface area contributed by atoms with Crippen LogP contribution in [0.5, 0.6) is 0 Å². The lowest BCUT2D eigenvalue weighted by Gasteiger charge is -2.36. The molecule has 0 unspecified atom stereocenters. The maximum absolute atomic E-state index is 11.9. The van der Waals surface area contributed by atoms with Gasteiger partial charge in [-0.1, -0.05) is 0 Å². The van der Waals surface area contributed by atoms with Gasteiger partial charge in [0.15, 0.2) is 11.5 Å². The molecule has 1 fully saturated rings. The number of nitrogen functional groups attached to an aromatic ring is 1. The molecule has 0 radical (unpaired) electrons. The van der Waals surface area contributed by atoms with Gasteiger partial charge < -0.3 is 20.7 Å². The van der Waals surface area contributed by atoms with E-state index in [1.807, 2.05) is 30.6 Å². The van der Waals surface area contributed by atoms with Crippen molar-refractivity contribution in [3.05, 3.63) is 11.8 Å². The maximum atomic E-state index is 11.9. The number of carbonyl (C=O) groups is 2. The van der Waals surface area contributed by atoms with E-state index in [1.165, 1.54) is 7.05 Å². The molecule has 0 atom stereocenters. The molecule has 0 saturated carbocycles. The van der Waals surface area contributed by atoms with Gasteiger partial charge in [0.25, 0.3) is 5.91 Å². The number of hydrogen-bond donors (Lipinski definition) is 2. The Hall–Kier alpha value is -2.42. The molecule has 138 valence electrons. The van der Waals surface area contributed by atoms with Crippen LogP contribution in [0.4, 0.5) is 11.5 Å². The largest absolute Gasteiger partial charge is 0.459 e. The molecule has 3 N–H and O–H groups in total. The minimum atomic E-state index is -0.480. The van der Waals surface area contributed by atoms with Crippen LogP contribution >= 0.6 is 0 Å². The van der Waals surface area contributed by atoms with Crippen LogP contribution < -0.4 is 16.0 Å². The van der Waals surface area contributed by atoms with Gasteiger partial charge in [0.1, 0.15) is 5.60 Å². The molecule has 2 heterocycles. The predicted octanol–water partition coefficient (Wildman–Crippen LogP) is -0.118. The molecule has 25 heavy (non-hydrogen) atoms. The molecular formula is C16H26N6O3. The average Bonchev–Trinajstić information content (AvgIpc) is 2.53. The maximum Gasteiger partial charge on any atom is 0.320 e. The summed E-state index contributed by atoms with van der Waals surface area (Å²) in [6.45, 7) is 8.55. The summed E-state index contributed by atoms with van der Waals surface area (Å²) in [4.78, 5) is 27.7. The summed E-state index contributed by atoms with van der Waals surface area (Å²) in [6, 6.07) is 1.64. The Morgan fingerprint density at radius 2 is 1.88 bits per heavy atom. The molecule has 0 bridgehead atoms. The molecule has 0 aromatic carbocycles. The van der Waals surface area contributed by atoms with Gasteiger partial charge in [0.05, 0.1) is 12.2 Å². The van der Waals surface area contributed by atoms with E-state index in [0.717, 1.165) is 0 Å². The van der Waals surface area contributed by atoms with Crippen LogP contribution in [-0.4, -0.2) is 72.3 Å². The van der Waals surface area contributed by atoms with E-state index >= 15 is 0 Å². The zero-order valence-electron chi connectivity index (χ0n) is 15.2. The summed E-state index contributed by atoms with van der Waals surface area (Å²) in [6.07, 6.45) is 0. The lowest BCUT2D eigenvalue weighted by Crippen LogP contribution is -2.49. The number of nitrogens with one attached hydrogen (secondary N) is 1. The first-order valence-electron chi connectivity index (χ1n) is 8.24. The Morgan fingerprint density at radius 3 is 2.44 bits per heavy atom. The Morgan fingerprint density at radius 1 is 1.24 bits per heavy atom. The Balaban J connectivity index is 1.96. The smallest absolute Gasteiger partial charge is 0.320 e. The van der Waals surface area contributed by atoms with Crippen molar-refractivity contribution in [1.82, 2.24) is 20.4 Å². The van der Waals surface area contributed by atoms with Crippen molar-refractivity contribution in [1.29, 1.82) is 0 Å². The SMILES string of the molecule is CNC(=O)c1cc(N2CCN(CC(=O)OC(C)(C)C)CC2)c(N)nn1. The van der Waals surface area contributed by atoms with Gasteiger partial charge in [-0.3, -0.25) is 14.5 Å². The van der Waals surface area contributed by atoms with Crippen LogP contribution in [0.1, 0.15) is 31.3 Å². The third kappa shape index (κ3) is 5.28. The van der Waals surface area contributed by atoms with E-state index in [2.05, 4.69) is 15.5 Å². The van der Waals surface area contributed by atoms with E-state index in [0.29, 0.717) is 31.9 Å². The number of esters is 1. The molecule has 9 nitrogen and oxygen atoms in total. The Bertz CT molecular complexity index is 635. The molecule has 9 heteroatoms. The van der Waals surface area contributed by atoms with E-state index in [9.17, 15) is 9.59 Å². The Labute approximate surface area is 147 Å². The van der Waals surface area contributed by atoms with Gasteiger partial charge in [-0.2, -0.15) is 0 Å². The van der Waals surface area contributed by atoms with Crippen molar-refractivity contribution in [3.8, 4) is 0 Å². The second kappa shape index (κ2) is 7.64. The average molecular weight is 350 g/mol. The minimum absolute atomic E-state index is 0.225. The van der Waals surface area contributed by atoms with Crippen LogP contribution in [0.2, 0.25) is 0 Å². The van der Waals surface area contributed by atoms with E-state index in [4.69, 9.17) is 10.5 Å². The van der Waals surface area contributed by atoms with Crippen molar-refractivity contribution in [2.24, 2.45) is 0 Å². The zero-order valence-corrected chi connectivity index (χ0v) is 15.2. The van der Waals surface area contributed by atoms with Gasteiger partial charge in [0.2, 0.25) is 0 Å². The quantitative estimate of drug-likeness (QED) is 0.723. The number of rotatable bonds is 4. The highest BCUT2D eigenvalue weighted by Crippen LogP contribution is 2.22. The van der Waals surface area contributed by atoms with Crippen molar-refractivity contribution in [2.45, 2.75) is 26.4 Å². The van der Waals surface area contributed by atoms with Crippen LogP contribution in [0, 0.1) is 0 Å². The molecule has 1 aliphatic rings. The van der Waals surface area contributed by atoms with Crippen LogP contribution in [-0.2, 0) is 9.53 Å². The molecule has 0 aliphatic carbocycles. The fraction of sp³-hybridized carbons (Fsp3) is 0.625. The fourth-order valence-electron chi connectivity index (χ4n) is 2.59. The van der Waals surface area contributed by atoms with Gasteiger partial charge in [-0.15, -0.1) is 10.2 Å². The summed E-state index contributed by atoms with van der Waals surface area (Å²) >= 11 is 0. The van der Waals surface area contributed by atoms with Crippen LogP contribution in [0.15, 0.2) is 6.07 Å². The highest BCUT2D eigenvalue weighted by atomic mass is 16.6. The summed E-state index contributed by atoms with van der Waals surface area (Å²) in [5.74, 6) is -0.251. The second-order valence-corrected chi connectivity index (χ2v) is 6.93. The highest BCUT2D eigenvalue weighted by Gasteiger charge is 2.24. The van der Waals surface area contributed by atoms with Crippen LogP contribution in [0.3, 0.4) is 0 Å². The van der Waals surface area contributed by atoms with Crippen LogP contribution in [0.25, 0.3) is 0 Å². The van der Waals surface area contributed by atoms with E-state index in [-0.39, 0.29) is 29.9 Å². The zero-order chi connectivity index (χ0) is 18.6. The predicted molar refractivity (Wildman–Crippen MR) is 94.3 cm³/mol. The lowest BCUT2D eigenvalue weighted by molar-refractivity contribution is -0.156. The monoisotopic (exact) mass is 350 g/mol. The number of amides is 1. The Kier molecular flexibility index (Phi) is 5.78. The summed E-state index contributed by atoms with van der Waals surface area (Å²) in [5.41, 5.74) is 6.34. The molecular weight excluding hydrogens is 324 g/mol. The second-order valence-electron chi connectivity index (χ2n) is 6.93.